The van der Waals surface area contributed by atoms with Crippen LogP contribution in [0.25, 0.3) is 0 Å². The molecular weight excluding hydrogens is 318 g/mol. The van der Waals surface area contributed by atoms with Crippen LogP contribution in [-0.2, 0) is 11.2 Å². The summed E-state index contributed by atoms with van der Waals surface area (Å²) in [6.45, 7) is 2.11. The molecule has 0 unspecified atom stereocenters. The minimum Gasteiger partial charge on any atom is -0.317 e. The molecule has 1 aromatic heterocycles. The molecule has 0 radical (unpaired) electrons. The zero-order chi connectivity index (χ0) is 15.4. The standard InChI is InChI=1S/C16H18ClN3OS/c17-13-3-1-2-11(8-13)9-15(21)20-16-19-10-14(22-16)12-4-6-18-7-5-12/h1-3,8,10,12,18H,4-7,9H2,(H,19,20,21). The molecule has 1 saturated heterocycles. The highest BCUT2D eigenvalue weighted by Crippen LogP contribution is 2.31. The molecule has 0 aliphatic carbocycles. The van der Waals surface area contributed by atoms with Crippen molar-refractivity contribution in [3.63, 3.8) is 0 Å². The Morgan fingerprint density at radius 3 is 3.00 bits per heavy atom. The van der Waals surface area contributed by atoms with Crippen molar-refractivity contribution in [1.29, 1.82) is 0 Å². The summed E-state index contributed by atoms with van der Waals surface area (Å²) >= 11 is 7.52. The summed E-state index contributed by atoms with van der Waals surface area (Å²) in [6.07, 6.45) is 4.48. The third-order valence-electron chi connectivity index (χ3n) is 3.77. The molecule has 6 heteroatoms. The fraction of sp³-hybridized carbons (Fsp3) is 0.375. The van der Waals surface area contributed by atoms with Crippen molar-refractivity contribution in [2.24, 2.45) is 0 Å². The Morgan fingerprint density at radius 2 is 2.23 bits per heavy atom. The van der Waals surface area contributed by atoms with Crippen LogP contribution in [0.3, 0.4) is 0 Å². The second-order valence-corrected chi connectivity index (χ2v) is 6.95. The summed E-state index contributed by atoms with van der Waals surface area (Å²) in [6, 6.07) is 7.36. The maximum atomic E-state index is 12.1. The number of halogens is 1. The molecule has 116 valence electrons. The SMILES string of the molecule is O=C(Cc1cccc(Cl)c1)Nc1ncc(C2CCNCC2)s1. The normalized spacial score (nSPS) is 15.7. The number of hydrogen-bond acceptors (Lipinski definition) is 4. The van der Waals surface area contributed by atoms with Crippen molar-refractivity contribution in [2.75, 3.05) is 18.4 Å². The lowest BCUT2D eigenvalue weighted by Crippen LogP contribution is -2.26. The topological polar surface area (TPSA) is 54.0 Å². The molecule has 1 fully saturated rings. The van der Waals surface area contributed by atoms with Gasteiger partial charge in [-0.3, -0.25) is 4.79 Å². The molecule has 1 aliphatic rings. The van der Waals surface area contributed by atoms with Crippen LogP contribution in [-0.4, -0.2) is 24.0 Å². The van der Waals surface area contributed by atoms with Crippen LogP contribution < -0.4 is 10.6 Å². The average molecular weight is 336 g/mol. The first-order valence-corrected chi connectivity index (χ1v) is 8.61. The van der Waals surface area contributed by atoms with Crippen molar-refractivity contribution in [2.45, 2.75) is 25.2 Å². The van der Waals surface area contributed by atoms with Gasteiger partial charge in [0.15, 0.2) is 5.13 Å². The fourth-order valence-corrected chi connectivity index (χ4v) is 3.85. The molecule has 0 atom stereocenters. The van der Waals surface area contributed by atoms with Gasteiger partial charge in [-0.1, -0.05) is 23.7 Å². The van der Waals surface area contributed by atoms with Gasteiger partial charge in [0.25, 0.3) is 0 Å². The Hall–Kier alpha value is -1.43. The molecule has 4 nitrogen and oxygen atoms in total. The van der Waals surface area contributed by atoms with Crippen LogP contribution in [0.15, 0.2) is 30.5 Å². The van der Waals surface area contributed by atoms with Crippen molar-refractivity contribution in [3.8, 4) is 0 Å². The van der Waals surface area contributed by atoms with Crippen molar-refractivity contribution >= 4 is 34.0 Å². The maximum Gasteiger partial charge on any atom is 0.230 e. The van der Waals surface area contributed by atoms with Crippen molar-refractivity contribution in [3.05, 3.63) is 45.9 Å². The van der Waals surface area contributed by atoms with Crippen LogP contribution in [0, 0.1) is 0 Å². The highest BCUT2D eigenvalue weighted by atomic mass is 35.5. The molecule has 0 bridgehead atoms. The number of amides is 1. The summed E-state index contributed by atoms with van der Waals surface area (Å²) in [7, 11) is 0. The number of piperidine rings is 1. The lowest BCUT2D eigenvalue weighted by Gasteiger charge is -2.20. The number of nitrogens with zero attached hydrogens (tertiary/aromatic N) is 1. The fourth-order valence-electron chi connectivity index (χ4n) is 2.64. The smallest absolute Gasteiger partial charge is 0.230 e. The number of carbonyl (C=O) groups excluding carboxylic acids is 1. The van der Waals surface area contributed by atoms with Gasteiger partial charge < -0.3 is 10.6 Å². The zero-order valence-corrected chi connectivity index (χ0v) is 13.7. The number of anilines is 1. The highest BCUT2D eigenvalue weighted by Gasteiger charge is 2.18. The Bertz CT molecular complexity index is 652. The van der Waals surface area contributed by atoms with E-state index in [2.05, 4.69) is 15.6 Å². The molecule has 1 amide bonds. The number of aromatic nitrogens is 1. The number of rotatable bonds is 4. The lowest BCUT2D eigenvalue weighted by molar-refractivity contribution is -0.115. The van der Waals surface area contributed by atoms with Gasteiger partial charge >= 0.3 is 0 Å². The number of thiazole rings is 1. The molecule has 0 saturated carbocycles. The first-order valence-electron chi connectivity index (χ1n) is 7.41. The molecule has 3 rings (SSSR count). The van der Waals surface area contributed by atoms with E-state index in [1.165, 1.54) is 4.88 Å². The van der Waals surface area contributed by atoms with Crippen LogP contribution in [0.5, 0.6) is 0 Å². The Morgan fingerprint density at radius 1 is 1.41 bits per heavy atom. The van der Waals surface area contributed by atoms with Gasteiger partial charge in [0.1, 0.15) is 0 Å². The van der Waals surface area contributed by atoms with E-state index in [1.54, 1.807) is 17.4 Å². The second-order valence-electron chi connectivity index (χ2n) is 5.45. The molecule has 1 aliphatic heterocycles. The van der Waals surface area contributed by atoms with E-state index in [4.69, 9.17) is 11.6 Å². The summed E-state index contributed by atoms with van der Waals surface area (Å²) in [5.74, 6) is 0.505. The van der Waals surface area contributed by atoms with Crippen LogP contribution in [0.1, 0.15) is 29.2 Å². The molecule has 0 spiro atoms. The van der Waals surface area contributed by atoms with E-state index < -0.39 is 0 Å². The Labute approximate surface area is 138 Å². The number of carbonyl (C=O) groups is 1. The molecular formula is C16H18ClN3OS. The lowest BCUT2D eigenvalue weighted by atomic mass is 9.97. The monoisotopic (exact) mass is 335 g/mol. The van der Waals surface area contributed by atoms with E-state index in [9.17, 15) is 4.79 Å². The Kier molecular flexibility index (Phi) is 5.08. The first kappa shape index (κ1) is 15.5. The van der Waals surface area contributed by atoms with Gasteiger partial charge in [-0.15, -0.1) is 11.3 Å². The van der Waals surface area contributed by atoms with Crippen LogP contribution >= 0.6 is 22.9 Å². The van der Waals surface area contributed by atoms with E-state index in [0.717, 1.165) is 31.5 Å². The van der Waals surface area contributed by atoms with E-state index in [0.29, 0.717) is 22.5 Å². The zero-order valence-electron chi connectivity index (χ0n) is 12.1. The number of hydrogen-bond donors (Lipinski definition) is 2. The molecule has 1 aromatic carbocycles. The maximum absolute atomic E-state index is 12.1. The van der Waals surface area contributed by atoms with Crippen molar-refractivity contribution in [1.82, 2.24) is 10.3 Å². The van der Waals surface area contributed by atoms with Crippen molar-refractivity contribution < 1.29 is 4.79 Å². The van der Waals surface area contributed by atoms with Gasteiger partial charge in [0.05, 0.1) is 6.42 Å². The predicted octanol–water partition coefficient (Wildman–Crippen LogP) is 3.44. The third-order valence-corrected chi connectivity index (χ3v) is 5.08. The third kappa shape index (κ3) is 4.06. The summed E-state index contributed by atoms with van der Waals surface area (Å²) in [4.78, 5) is 17.7. The summed E-state index contributed by atoms with van der Waals surface area (Å²) < 4.78 is 0. The minimum atomic E-state index is -0.0616. The number of nitrogens with one attached hydrogen (secondary N) is 2. The Balaban J connectivity index is 1.58. The summed E-state index contributed by atoms with van der Waals surface area (Å²) in [5.41, 5.74) is 0.903. The van der Waals surface area contributed by atoms with Gasteiger partial charge in [0, 0.05) is 16.1 Å². The van der Waals surface area contributed by atoms with Gasteiger partial charge in [-0.05, 0) is 49.5 Å². The molecule has 2 aromatic rings. The van der Waals surface area contributed by atoms with Crippen LogP contribution in [0.4, 0.5) is 5.13 Å². The van der Waals surface area contributed by atoms with Crippen LogP contribution in [0.2, 0.25) is 5.02 Å². The quantitative estimate of drug-likeness (QED) is 0.899. The molecule has 2 heterocycles. The van der Waals surface area contributed by atoms with Gasteiger partial charge in [-0.25, -0.2) is 4.98 Å². The van der Waals surface area contributed by atoms with Gasteiger partial charge in [0.2, 0.25) is 5.91 Å². The number of benzene rings is 1. The molecule has 22 heavy (non-hydrogen) atoms. The van der Waals surface area contributed by atoms with Gasteiger partial charge in [-0.2, -0.15) is 0 Å². The van der Waals surface area contributed by atoms with E-state index in [1.807, 2.05) is 24.4 Å². The van der Waals surface area contributed by atoms with E-state index in [-0.39, 0.29) is 5.91 Å². The highest BCUT2D eigenvalue weighted by molar-refractivity contribution is 7.15. The predicted molar refractivity (Wildman–Crippen MR) is 90.7 cm³/mol. The average Bonchev–Trinajstić information content (AvgIpc) is 2.96. The second kappa shape index (κ2) is 7.22. The van der Waals surface area contributed by atoms with E-state index >= 15 is 0 Å². The largest absolute Gasteiger partial charge is 0.317 e. The first-order chi connectivity index (χ1) is 10.7. The molecule has 2 N–H and O–H groups in total. The minimum absolute atomic E-state index is 0.0616. The summed E-state index contributed by atoms with van der Waals surface area (Å²) in [5, 5.41) is 7.57.